The Hall–Kier alpha value is -2.07. The van der Waals surface area contributed by atoms with Crippen LogP contribution in [0.4, 0.5) is 5.82 Å². The molecule has 2 unspecified atom stereocenters. The number of thioether (sulfide) groups is 1. The zero-order chi connectivity index (χ0) is 25.7. The van der Waals surface area contributed by atoms with Gasteiger partial charge in [0.2, 0.25) is 11.8 Å². The van der Waals surface area contributed by atoms with Gasteiger partial charge >= 0.3 is 5.97 Å². The van der Waals surface area contributed by atoms with Crippen LogP contribution in [-0.2, 0) is 19.1 Å². The van der Waals surface area contributed by atoms with Gasteiger partial charge in [0, 0.05) is 50.7 Å². The molecule has 0 N–H and O–H groups in total. The zero-order valence-corrected chi connectivity index (χ0v) is 22.7. The van der Waals surface area contributed by atoms with E-state index in [0.717, 1.165) is 38.5 Å². The topological polar surface area (TPSA) is 95.9 Å². The summed E-state index contributed by atoms with van der Waals surface area (Å²) in [5, 5.41) is 0.773. The van der Waals surface area contributed by atoms with Crippen molar-refractivity contribution in [3.63, 3.8) is 0 Å². The van der Waals surface area contributed by atoms with E-state index in [2.05, 4.69) is 21.8 Å². The molecule has 0 spiro atoms. The van der Waals surface area contributed by atoms with Gasteiger partial charge in [-0.2, -0.15) is 0 Å². The lowest BCUT2D eigenvalue weighted by Crippen LogP contribution is -2.55. The van der Waals surface area contributed by atoms with Crippen molar-refractivity contribution in [2.45, 2.75) is 63.6 Å². The minimum absolute atomic E-state index is 0.0493. The number of likely N-dealkylation sites (tertiary alicyclic amines) is 1. The van der Waals surface area contributed by atoms with Gasteiger partial charge in [-0.05, 0) is 39.5 Å². The minimum Gasteiger partial charge on any atom is -0.466 e. The van der Waals surface area contributed by atoms with Crippen molar-refractivity contribution in [2.24, 2.45) is 11.8 Å². The van der Waals surface area contributed by atoms with Gasteiger partial charge in [-0.15, -0.1) is 0 Å². The Morgan fingerprint density at radius 2 is 1.81 bits per heavy atom. The number of rotatable bonds is 7. The van der Waals surface area contributed by atoms with Crippen molar-refractivity contribution < 1.29 is 19.1 Å². The molecule has 4 rings (SSSR count). The number of piperazine rings is 1. The van der Waals surface area contributed by atoms with Crippen molar-refractivity contribution >= 4 is 47.0 Å². The van der Waals surface area contributed by atoms with Crippen LogP contribution in [0, 0.1) is 11.8 Å². The molecule has 198 valence electrons. The zero-order valence-electron chi connectivity index (χ0n) is 21.2. The third kappa shape index (κ3) is 6.62. The lowest BCUT2D eigenvalue weighted by Gasteiger charge is -2.41. The largest absolute Gasteiger partial charge is 0.466 e. The lowest BCUT2D eigenvalue weighted by molar-refractivity contribution is -0.151. The fraction of sp³-hybridized carbons (Fsp3) is 0.720. The monoisotopic (exact) mass is 537 g/mol. The number of hydrogen-bond donors (Lipinski definition) is 0. The molecule has 0 radical (unpaired) electrons. The highest BCUT2D eigenvalue weighted by Crippen LogP contribution is 2.29. The molecule has 2 aliphatic heterocycles. The number of nitrogens with zero attached hydrogens (tertiary/aromatic N) is 5. The molecule has 1 aromatic rings. The molecule has 9 nitrogen and oxygen atoms in total. The molecule has 2 amide bonds. The SMILES string of the molecule is CCOC(=O)C1CCCN(C(=O)CSc2nc(Cl)cc(N3CCN(C(=O)C4CCCC4)C(C)C3)n2)C1. The van der Waals surface area contributed by atoms with Crippen LogP contribution in [-0.4, -0.2) is 88.7 Å². The predicted octanol–water partition coefficient (Wildman–Crippen LogP) is 3.25. The van der Waals surface area contributed by atoms with Crippen LogP contribution in [0.3, 0.4) is 0 Å². The van der Waals surface area contributed by atoms with E-state index in [1.54, 1.807) is 17.9 Å². The lowest BCUT2D eigenvalue weighted by atomic mass is 9.98. The fourth-order valence-electron chi connectivity index (χ4n) is 5.39. The number of amides is 2. The summed E-state index contributed by atoms with van der Waals surface area (Å²) >= 11 is 7.57. The Kier molecular flexibility index (Phi) is 9.33. The van der Waals surface area contributed by atoms with E-state index >= 15 is 0 Å². The highest BCUT2D eigenvalue weighted by Gasteiger charge is 2.34. The number of hydrogen-bond acceptors (Lipinski definition) is 8. The van der Waals surface area contributed by atoms with Crippen LogP contribution in [0.15, 0.2) is 11.2 Å². The molecule has 1 aliphatic carbocycles. The average Bonchev–Trinajstić information content (AvgIpc) is 3.42. The van der Waals surface area contributed by atoms with Crippen LogP contribution < -0.4 is 4.90 Å². The number of carbonyl (C=O) groups excluding carboxylic acids is 3. The second-order valence-electron chi connectivity index (χ2n) is 9.86. The first kappa shape index (κ1) is 27.0. The van der Waals surface area contributed by atoms with Gasteiger partial charge in [0.05, 0.1) is 18.3 Å². The Labute approximate surface area is 222 Å². The fourth-order valence-corrected chi connectivity index (χ4v) is 6.37. The van der Waals surface area contributed by atoms with E-state index in [-0.39, 0.29) is 41.4 Å². The molecule has 3 aliphatic rings. The smallest absolute Gasteiger partial charge is 0.310 e. The second-order valence-corrected chi connectivity index (χ2v) is 11.2. The maximum Gasteiger partial charge on any atom is 0.310 e. The minimum atomic E-state index is -0.261. The van der Waals surface area contributed by atoms with E-state index < -0.39 is 0 Å². The summed E-state index contributed by atoms with van der Waals surface area (Å²) in [6, 6.07) is 1.83. The number of aromatic nitrogens is 2. The Bertz CT molecular complexity index is 960. The van der Waals surface area contributed by atoms with Crippen LogP contribution >= 0.6 is 23.4 Å². The Balaban J connectivity index is 1.32. The summed E-state index contributed by atoms with van der Waals surface area (Å²) in [5.41, 5.74) is 0. The maximum atomic E-state index is 12.9. The van der Waals surface area contributed by atoms with Crippen LogP contribution in [0.1, 0.15) is 52.4 Å². The van der Waals surface area contributed by atoms with Gasteiger partial charge in [-0.1, -0.05) is 36.2 Å². The number of anilines is 1. The summed E-state index contributed by atoms with van der Waals surface area (Å²) in [4.78, 5) is 52.7. The van der Waals surface area contributed by atoms with Crippen molar-refractivity contribution in [3.05, 3.63) is 11.2 Å². The number of carbonyl (C=O) groups is 3. The standard InChI is InChI=1S/C25H36ClN5O4S/c1-3-35-24(34)19-9-6-10-30(15-19)22(32)16-36-25-27-20(26)13-21(28-25)29-11-12-31(17(2)14-29)23(33)18-7-4-5-8-18/h13,17-19H,3-12,14-16H2,1-2H3. The summed E-state index contributed by atoms with van der Waals surface area (Å²) in [5.74, 6) is 0.818. The first-order valence-electron chi connectivity index (χ1n) is 13.0. The molecule has 3 heterocycles. The molecule has 2 saturated heterocycles. The number of esters is 1. The average molecular weight is 538 g/mol. The summed E-state index contributed by atoms with van der Waals surface area (Å²) < 4.78 is 5.13. The van der Waals surface area contributed by atoms with E-state index in [4.69, 9.17) is 16.3 Å². The van der Waals surface area contributed by atoms with Gasteiger partial charge in [-0.3, -0.25) is 14.4 Å². The van der Waals surface area contributed by atoms with E-state index in [9.17, 15) is 14.4 Å². The third-order valence-corrected chi connectivity index (χ3v) is 8.34. The summed E-state index contributed by atoms with van der Waals surface area (Å²) in [6.45, 7) is 7.27. The van der Waals surface area contributed by atoms with Crippen molar-refractivity contribution in [1.29, 1.82) is 0 Å². The normalized spacial score (nSPS) is 23.1. The van der Waals surface area contributed by atoms with Crippen molar-refractivity contribution in [1.82, 2.24) is 19.8 Å². The molecule has 0 bridgehead atoms. The molecule has 1 saturated carbocycles. The summed E-state index contributed by atoms with van der Waals surface area (Å²) in [7, 11) is 0. The molecular formula is C25H36ClN5O4S. The number of piperidine rings is 1. The molecule has 11 heteroatoms. The van der Waals surface area contributed by atoms with Gasteiger partial charge in [-0.25, -0.2) is 9.97 Å². The predicted molar refractivity (Wildman–Crippen MR) is 139 cm³/mol. The van der Waals surface area contributed by atoms with E-state index in [1.165, 1.54) is 11.8 Å². The molecule has 3 fully saturated rings. The molecule has 36 heavy (non-hydrogen) atoms. The number of halogens is 1. The first-order valence-corrected chi connectivity index (χ1v) is 14.4. The highest BCUT2D eigenvalue weighted by molar-refractivity contribution is 7.99. The molecule has 0 aromatic carbocycles. The number of ether oxygens (including phenoxy) is 1. The second kappa shape index (κ2) is 12.4. The van der Waals surface area contributed by atoms with Crippen LogP contribution in [0.25, 0.3) is 0 Å². The van der Waals surface area contributed by atoms with Gasteiger partial charge in [0.15, 0.2) is 5.16 Å². The third-order valence-electron chi connectivity index (χ3n) is 7.32. The van der Waals surface area contributed by atoms with Crippen LogP contribution in [0.5, 0.6) is 0 Å². The molecule has 2 atom stereocenters. The van der Waals surface area contributed by atoms with Gasteiger partial charge < -0.3 is 19.4 Å². The van der Waals surface area contributed by atoms with E-state index in [0.29, 0.717) is 55.5 Å². The van der Waals surface area contributed by atoms with Gasteiger partial charge in [0.25, 0.3) is 0 Å². The van der Waals surface area contributed by atoms with Crippen molar-refractivity contribution in [2.75, 3.05) is 50.0 Å². The van der Waals surface area contributed by atoms with E-state index in [1.807, 2.05) is 4.90 Å². The van der Waals surface area contributed by atoms with Crippen molar-refractivity contribution in [3.8, 4) is 0 Å². The van der Waals surface area contributed by atoms with Gasteiger partial charge in [0.1, 0.15) is 11.0 Å². The first-order chi connectivity index (χ1) is 17.4. The molecule has 1 aromatic heterocycles. The Morgan fingerprint density at radius 3 is 2.53 bits per heavy atom. The summed E-state index contributed by atoms with van der Waals surface area (Å²) in [6.07, 6.45) is 5.84. The Morgan fingerprint density at radius 1 is 1.06 bits per heavy atom. The maximum absolute atomic E-state index is 12.9. The quantitative estimate of drug-likeness (QED) is 0.226. The molecular weight excluding hydrogens is 502 g/mol. The van der Waals surface area contributed by atoms with Crippen LogP contribution in [0.2, 0.25) is 5.15 Å². The highest BCUT2D eigenvalue weighted by atomic mass is 35.5.